The minimum Gasteiger partial charge on any atom is -0.469 e. The first-order chi connectivity index (χ1) is 20.1. The third kappa shape index (κ3) is 41.3. The van der Waals surface area contributed by atoms with Gasteiger partial charge in [-0.2, -0.15) is 0 Å². The van der Waals surface area contributed by atoms with E-state index in [1.807, 2.05) is 13.8 Å². The van der Waals surface area contributed by atoms with E-state index in [1.54, 1.807) is 0 Å². The van der Waals surface area contributed by atoms with Crippen molar-refractivity contribution in [2.24, 2.45) is 0 Å². The fourth-order valence-corrected chi connectivity index (χ4v) is 5.31. The molecule has 0 aliphatic rings. The Morgan fingerprint density at radius 2 is 0.659 bits per heavy atom. The summed E-state index contributed by atoms with van der Waals surface area (Å²) < 4.78 is 9.50. The predicted molar refractivity (Wildman–Crippen MR) is 179 cm³/mol. The molecule has 0 saturated heterocycles. The zero-order valence-electron chi connectivity index (χ0n) is 28.6. The maximum Gasteiger partial charge on any atom is 0.305 e. The summed E-state index contributed by atoms with van der Waals surface area (Å²) in [5, 5.41) is 0. The van der Waals surface area contributed by atoms with E-state index < -0.39 is 0 Å². The molecular formula is C37H74O4. The summed E-state index contributed by atoms with van der Waals surface area (Å²) in [4.78, 5) is 23.1. The topological polar surface area (TPSA) is 52.6 Å². The van der Waals surface area contributed by atoms with Crippen LogP contribution in [0.25, 0.3) is 0 Å². The molecule has 0 atom stereocenters. The molecule has 0 aromatic rings. The lowest BCUT2D eigenvalue weighted by Crippen LogP contribution is -1.99. The number of methoxy groups -OCH3 is 1. The van der Waals surface area contributed by atoms with Gasteiger partial charge in [-0.3, -0.25) is 9.59 Å². The first-order valence-corrected chi connectivity index (χ1v) is 18.3. The number of hydrogen-bond acceptors (Lipinski definition) is 4. The molecule has 0 aromatic carbocycles. The van der Waals surface area contributed by atoms with Crippen LogP contribution in [0.4, 0.5) is 0 Å². The highest BCUT2D eigenvalue weighted by molar-refractivity contribution is 5.78. The SMILES string of the molecule is CCCCCCCCCCCCCCCC(=O)CCCCCCCCCCCCCCCC(=O)OC.CCOCC. The van der Waals surface area contributed by atoms with Crippen LogP contribution >= 0.6 is 0 Å². The van der Waals surface area contributed by atoms with Crippen molar-refractivity contribution in [3.05, 3.63) is 0 Å². The highest BCUT2D eigenvalue weighted by atomic mass is 16.5. The van der Waals surface area contributed by atoms with Crippen LogP contribution in [0, 0.1) is 0 Å². The van der Waals surface area contributed by atoms with Gasteiger partial charge in [-0.15, -0.1) is 0 Å². The van der Waals surface area contributed by atoms with E-state index in [9.17, 15) is 9.59 Å². The lowest BCUT2D eigenvalue weighted by Gasteiger charge is -2.04. The summed E-state index contributed by atoms with van der Waals surface area (Å²) in [7, 11) is 1.46. The Labute approximate surface area is 257 Å². The van der Waals surface area contributed by atoms with E-state index in [1.165, 1.54) is 148 Å². The molecule has 4 nitrogen and oxygen atoms in total. The Bertz CT molecular complexity index is 503. The Hall–Kier alpha value is -0.900. The van der Waals surface area contributed by atoms with Crippen LogP contribution in [0.1, 0.15) is 207 Å². The van der Waals surface area contributed by atoms with Gasteiger partial charge in [0.05, 0.1) is 7.11 Å². The van der Waals surface area contributed by atoms with Crippen molar-refractivity contribution in [1.29, 1.82) is 0 Å². The van der Waals surface area contributed by atoms with Gasteiger partial charge in [0.1, 0.15) is 5.78 Å². The number of ether oxygens (including phenoxy) is 2. The van der Waals surface area contributed by atoms with Crippen molar-refractivity contribution in [1.82, 2.24) is 0 Å². The maximum atomic E-state index is 12.1. The van der Waals surface area contributed by atoms with Crippen LogP contribution in [0.5, 0.6) is 0 Å². The zero-order valence-corrected chi connectivity index (χ0v) is 28.6. The van der Waals surface area contributed by atoms with E-state index in [0.29, 0.717) is 12.2 Å². The van der Waals surface area contributed by atoms with Crippen molar-refractivity contribution >= 4 is 11.8 Å². The van der Waals surface area contributed by atoms with Gasteiger partial charge in [-0.1, -0.05) is 155 Å². The second-order valence-electron chi connectivity index (χ2n) is 12.0. The largest absolute Gasteiger partial charge is 0.469 e. The van der Waals surface area contributed by atoms with E-state index in [4.69, 9.17) is 4.74 Å². The molecule has 0 radical (unpaired) electrons. The molecule has 0 amide bonds. The van der Waals surface area contributed by atoms with E-state index in [-0.39, 0.29) is 5.97 Å². The second-order valence-corrected chi connectivity index (χ2v) is 12.0. The first-order valence-electron chi connectivity index (χ1n) is 18.3. The number of unbranched alkanes of at least 4 members (excludes halogenated alkanes) is 24. The highest BCUT2D eigenvalue weighted by Crippen LogP contribution is 2.15. The number of ketones is 1. The molecule has 246 valence electrons. The van der Waals surface area contributed by atoms with Gasteiger partial charge < -0.3 is 9.47 Å². The molecule has 0 bridgehead atoms. The minimum atomic E-state index is -0.0772. The Morgan fingerprint density at radius 1 is 0.390 bits per heavy atom. The van der Waals surface area contributed by atoms with E-state index >= 15 is 0 Å². The summed E-state index contributed by atoms with van der Waals surface area (Å²) in [6.45, 7) is 7.95. The van der Waals surface area contributed by atoms with Gasteiger partial charge >= 0.3 is 5.97 Å². The lowest BCUT2D eigenvalue weighted by molar-refractivity contribution is -0.140. The molecule has 0 aliphatic carbocycles. The number of carbonyl (C=O) groups is 2. The molecule has 0 aliphatic heterocycles. The van der Waals surface area contributed by atoms with Crippen LogP contribution < -0.4 is 0 Å². The van der Waals surface area contributed by atoms with Crippen LogP contribution in [-0.2, 0) is 19.1 Å². The average Bonchev–Trinajstić information content (AvgIpc) is 2.98. The molecule has 0 unspecified atom stereocenters. The monoisotopic (exact) mass is 583 g/mol. The molecular weight excluding hydrogens is 508 g/mol. The summed E-state index contributed by atoms with van der Waals surface area (Å²) in [5.41, 5.74) is 0. The van der Waals surface area contributed by atoms with Crippen molar-refractivity contribution in [2.75, 3.05) is 20.3 Å². The molecule has 0 saturated carbocycles. The molecule has 0 fully saturated rings. The van der Waals surface area contributed by atoms with Crippen molar-refractivity contribution in [3.8, 4) is 0 Å². The zero-order chi connectivity index (χ0) is 30.5. The van der Waals surface area contributed by atoms with E-state index in [2.05, 4.69) is 11.7 Å². The number of esters is 1. The lowest BCUT2D eigenvalue weighted by atomic mass is 10.0. The first kappa shape index (κ1) is 42.2. The predicted octanol–water partition coefficient (Wildman–Crippen LogP) is 12.1. The van der Waals surface area contributed by atoms with Gasteiger partial charge in [-0.05, 0) is 33.1 Å². The van der Waals surface area contributed by atoms with E-state index in [0.717, 1.165) is 51.7 Å². The number of Topliss-reactive ketones (excluding diaryl/α,β-unsaturated/α-hetero) is 1. The van der Waals surface area contributed by atoms with Gasteiger partial charge in [0.2, 0.25) is 0 Å². The van der Waals surface area contributed by atoms with Crippen LogP contribution in [0.3, 0.4) is 0 Å². The minimum absolute atomic E-state index is 0.0772. The molecule has 4 heteroatoms. The Balaban J connectivity index is 0. The maximum absolute atomic E-state index is 12.1. The van der Waals surface area contributed by atoms with Crippen molar-refractivity contribution in [2.45, 2.75) is 207 Å². The van der Waals surface area contributed by atoms with Crippen molar-refractivity contribution in [3.63, 3.8) is 0 Å². The molecule has 41 heavy (non-hydrogen) atoms. The fourth-order valence-electron chi connectivity index (χ4n) is 5.31. The molecule has 0 aromatic heterocycles. The molecule has 0 spiro atoms. The third-order valence-electron chi connectivity index (χ3n) is 8.03. The van der Waals surface area contributed by atoms with Gasteiger partial charge in [-0.25, -0.2) is 0 Å². The standard InChI is InChI=1S/C33H64O3.C4H10O/c1-3-4-5-6-7-8-9-11-14-17-20-23-26-29-32(34)30-27-24-21-18-15-12-10-13-16-19-22-25-28-31-33(35)36-2;1-3-5-4-2/h3-31H2,1-2H3;3-4H2,1-2H3. The Kier molecular flexibility index (Phi) is 40.3. The molecule has 0 N–H and O–H groups in total. The van der Waals surface area contributed by atoms with Crippen LogP contribution in [-0.4, -0.2) is 32.1 Å². The quantitative estimate of drug-likeness (QED) is 0.0584. The summed E-state index contributed by atoms with van der Waals surface area (Å²) in [6, 6.07) is 0. The summed E-state index contributed by atoms with van der Waals surface area (Å²) in [5.74, 6) is 0.426. The van der Waals surface area contributed by atoms with Gasteiger partial charge in [0.15, 0.2) is 0 Å². The third-order valence-corrected chi connectivity index (χ3v) is 8.03. The van der Waals surface area contributed by atoms with Gasteiger partial charge in [0, 0.05) is 32.5 Å². The summed E-state index contributed by atoms with van der Waals surface area (Å²) >= 11 is 0. The van der Waals surface area contributed by atoms with Crippen LogP contribution in [0.2, 0.25) is 0 Å². The number of rotatable bonds is 32. The average molecular weight is 583 g/mol. The molecule has 0 rings (SSSR count). The van der Waals surface area contributed by atoms with Crippen molar-refractivity contribution < 1.29 is 19.1 Å². The second kappa shape index (κ2) is 39.1. The normalized spacial score (nSPS) is 10.8. The number of carbonyl (C=O) groups excluding carboxylic acids is 2. The molecule has 0 heterocycles. The fraction of sp³-hybridized carbons (Fsp3) is 0.946. The highest BCUT2D eigenvalue weighted by Gasteiger charge is 2.02. The smallest absolute Gasteiger partial charge is 0.305 e. The Morgan fingerprint density at radius 3 is 0.902 bits per heavy atom. The summed E-state index contributed by atoms with van der Waals surface area (Å²) in [6.07, 6.45) is 36.4. The van der Waals surface area contributed by atoms with Crippen LogP contribution in [0.15, 0.2) is 0 Å². The number of hydrogen-bond donors (Lipinski definition) is 0. The van der Waals surface area contributed by atoms with Gasteiger partial charge in [0.25, 0.3) is 0 Å².